The van der Waals surface area contributed by atoms with E-state index in [1.807, 2.05) is 7.11 Å². The molecular formula is C38H74N4O3. The Hall–Kier alpha value is -0.730. The molecule has 3 fully saturated rings. The van der Waals surface area contributed by atoms with Crippen LogP contribution in [0.1, 0.15) is 126 Å². The fourth-order valence-corrected chi connectivity index (χ4v) is 9.58. The van der Waals surface area contributed by atoms with Crippen LogP contribution in [0.2, 0.25) is 0 Å². The Bertz CT molecular complexity index is 870. The van der Waals surface area contributed by atoms with Crippen LogP contribution in [-0.2, 0) is 9.53 Å². The fourth-order valence-electron chi connectivity index (χ4n) is 9.58. The molecule has 1 amide bonds. The quantitative estimate of drug-likeness (QED) is 0.173. The predicted molar refractivity (Wildman–Crippen MR) is 188 cm³/mol. The first-order valence-corrected chi connectivity index (χ1v) is 18.8. The van der Waals surface area contributed by atoms with Crippen LogP contribution in [0.5, 0.6) is 0 Å². The number of methoxy groups -OCH3 is 1. The Labute approximate surface area is 278 Å². The maximum atomic E-state index is 13.7. The molecule has 0 aliphatic heterocycles. The molecule has 0 aromatic rings. The van der Waals surface area contributed by atoms with E-state index in [-0.39, 0.29) is 47.3 Å². The molecule has 0 heterocycles. The van der Waals surface area contributed by atoms with Gasteiger partial charge in [-0.1, -0.05) is 67.7 Å². The van der Waals surface area contributed by atoms with Gasteiger partial charge in [0.15, 0.2) is 0 Å². The highest BCUT2D eigenvalue weighted by molar-refractivity contribution is 5.79. The van der Waals surface area contributed by atoms with Crippen LogP contribution in [0.3, 0.4) is 0 Å². The SMILES string of the molecule is CCC(CO)CN(NCC1CCCC(C2CCCC(C(=O)NC(CN(C)C)CC(C)(C)C)C2)C1OC)C1CCC(C)CC1(C)C. The van der Waals surface area contributed by atoms with Crippen molar-refractivity contribution < 1.29 is 14.6 Å². The summed E-state index contributed by atoms with van der Waals surface area (Å²) in [6.07, 6.45) is 13.9. The number of ether oxygens (including phenoxy) is 1. The Kier molecular flexibility index (Phi) is 15.1. The molecule has 0 aromatic carbocycles. The molecule has 3 aliphatic carbocycles. The molecule has 0 spiro atoms. The van der Waals surface area contributed by atoms with Crippen LogP contribution in [0.15, 0.2) is 0 Å². The number of hydrazine groups is 1. The molecule has 0 radical (unpaired) electrons. The van der Waals surface area contributed by atoms with Crippen molar-refractivity contribution in [2.75, 3.05) is 47.4 Å². The fraction of sp³-hybridized carbons (Fsp3) is 0.974. The zero-order valence-electron chi connectivity index (χ0n) is 31.2. The molecule has 3 N–H and O–H groups in total. The molecule has 3 rings (SSSR count). The van der Waals surface area contributed by atoms with Crippen molar-refractivity contribution in [3.05, 3.63) is 0 Å². The van der Waals surface area contributed by atoms with Gasteiger partial charge in [-0.15, -0.1) is 0 Å². The lowest BCUT2D eigenvalue weighted by atomic mass is 9.66. The molecule has 264 valence electrons. The van der Waals surface area contributed by atoms with Gasteiger partial charge in [0.2, 0.25) is 5.91 Å². The maximum Gasteiger partial charge on any atom is 0.223 e. The van der Waals surface area contributed by atoms with Gasteiger partial charge in [-0.05, 0) is 112 Å². The lowest BCUT2D eigenvalue weighted by molar-refractivity contribution is -0.128. The molecule has 0 bridgehead atoms. The third-order valence-corrected chi connectivity index (χ3v) is 11.7. The third-order valence-electron chi connectivity index (χ3n) is 11.7. The highest BCUT2D eigenvalue weighted by Gasteiger charge is 2.43. The van der Waals surface area contributed by atoms with Crippen LogP contribution in [0, 0.1) is 46.3 Å². The number of hydrogen-bond donors (Lipinski definition) is 3. The number of hydrogen-bond acceptors (Lipinski definition) is 6. The standard InChI is InChI=1S/C38H74N4O3/c1-11-28(26-43)24-42(34-19-18-27(2)21-38(34,6)7)39-23-31-16-13-17-33(35(31)45-10)29-14-12-15-30(20-29)36(44)40-32(25-41(8)9)22-37(3,4)5/h27-35,39,43H,11-26H2,1-10H3,(H,40,44). The first-order chi connectivity index (χ1) is 21.2. The zero-order valence-corrected chi connectivity index (χ0v) is 31.2. The summed E-state index contributed by atoms with van der Waals surface area (Å²) in [5.41, 5.74) is 4.39. The number of aliphatic hydroxyl groups is 1. The Morgan fingerprint density at radius 3 is 2.36 bits per heavy atom. The minimum Gasteiger partial charge on any atom is -0.396 e. The first-order valence-electron chi connectivity index (χ1n) is 18.8. The number of aliphatic hydroxyl groups excluding tert-OH is 1. The van der Waals surface area contributed by atoms with E-state index < -0.39 is 0 Å². The van der Waals surface area contributed by atoms with Gasteiger partial charge in [0.05, 0.1) is 6.10 Å². The van der Waals surface area contributed by atoms with Crippen LogP contribution < -0.4 is 10.7 Å². The second-order valence-electron chi connectivity index (χ2n) is 17.8. The normalized spacial score (nSPS) is 32.4. The van der Waals surface area contributed by atoms with Gasteiger partial charge < -0.3 is 20.1 Å². The number of carbonyl (C=O) groups excluding carboxylic acids is 1. The molecule has 9 unspecified atom stereocenters. The van der Waals surface area contributed by atoms with Gasteiger partial charge in [-0.3, -0.25) is 10.2 Å². The van der Waals surface area contributed by atoms with E-state index in [1.165, 1.54) is 44.9 Å². The topological polar surface area (TPSA) is 77.1 Å². The summed E-state index contributed by atoms with van der Waals surface area (Å²) >= 11 is 0. The number of likely N-dealkylation sites (N-methyl/N-ethyl adjacent to an activating group) is 1. The van der Waals surface area contributed by atoms with Crippen molar-refractivity contribution in [2.45, 2.75) is 144 Å². The largest absolute Gasteiger partial charge is 0.396 e. The van der Waals surface area contributed by atoms with Crippen LogP contribution in [-0.4, -0.2) is 86.6 Å². The van der Waals surface area contributed by atoms with Crippen LogP contribution in [0.25, 0.3) is 0 Å². The number of rotatable bonds is 15. The second kappa shape index (κ2) is 17.6. The summed E-state index contributed by atoms with van der Waals surface area (Å²) in [6, 6.07) is 0.657. The van der Waals surface area contributed by atoms with Crippen LogP contribution >= 0.6 is 0 Å². The van der Waals surface area contributed by atoms with Crippen molar-refractivity contribution in [1.82, 2.24) is 20.7 Å². The minimum absolute atomic E-state index is 0.111. The van der Waals surface area contributed by atoms with Crippen molar-refractivity contribution in [3.8, 4) is 0 Å². The summed E-state index contributed by atoms with van der Waals surface area (Å²) in [5, 5.41) is 16.1. The minimum atomic E-state index is 0.111. The number of amides is 1. The Morgan fingerprint density at radius 1 is 1.04 bits per heavy atom. The van der Waals surface area contributed by atoms with E-state index in [0.29, 0.717) is 23.8 Å². The van der Waals surface area contributed by atoms with E-state index in [9.17, 15) is 9.90 Å². The smallest absolute Gasteiger partial charge is 0.223 e. The van der Waals surface area contributed by atoms with Crippen molar-refractivity contribution >= 4 is 5.91 Å². The number of nitrogens with zero attached hydrogens (tertiary/aromatic N) is 2. The molecule has 0 aromatic heterocycles. The lowest BCUT2D eigenvalue weighted by Crippen LogP contribution is -2.57. The molecule has 45 heavy (non-hydrogen) atoms. The van der Waals surface area contributed by atoms with Crippen molar-refractivity contribution in [1.29, 1.82) is 0 Å². The summed E-state index contributed by atoms with van der Waals surface area (Å²) in [7, 11) is 6.12. The van der Waals surface area contributed by atoms with Gasteiger partial charge in [-0.25, -0.2) is 5.01 Å². The highest BCUT2D eigenvalue weighted by Crippen LogP contribution is 2.44. The molecule has 9 atom stereocenters. The average molecular weight is 635 g/mol. The summed E-state index contributed by atoms with van der Waals surface area (Å²) < 4.78 is 6.38. The third kappa shape index (κ3) is 11.7. The second-order valence-corrected chi connectivity index (χ2v) is 17.8. The van der Waals surface area contributed by atoms with Crippen LogP contribution in [0.4, 0.5) is 0 Å². The van der Waals surface area contributed by atoms with Crippen molar-refractivity contribution in [3.63, 3.8) is 0 Å². The van der Waals surface area contributed by atoms with Gasteiger partial charge in [0.25, 0.3) is 0 Å². The molecule has 3 aliphatic rings. The number of carbonyl (C=O) groups is 1. The van der Waals surface area contributed by atoms with Crippen molar-refractivity contribution in [2.24, 2.45) is 46.3 Å². The molecule has 3 saturated carbocycles. The Balaban J connectivity index is 1.67. The summed E-state index contributed by atoms with van der Waals surface area (Å²) in [6.45, 7) is 19.2. The van der Waals surface area contributed by atoms with Gasteiger partial charge in [-0.2, -0.15) is 0 Å². The monoisotopic (exact) mass is 635 g/mol. The van der Waals surface area contributed by atoms with E-state index in [2.05, 4.69) is 83.2 Å². The summed E-state index contributed by atoms with van der Waals surface area (Å²) in [5.74, 6) is 2.96. The zero-order chi connectivity index (χ0) is 33.4. The van der Waals surface area contributed by atoms with E-state index in [0.717, 1.165) is 57.7 Å². The van der Waals surface area contributed by atoms with Gasteiger partial charge >= 0.3 is 0 Å². The first kappa shape index (κ1) is 38.7. The number of nitrogens with one attached hydrogen (secondary N) is 2. The van der Waals surface area contributed by atoms with E-state index in [4.69, 9.17) is 4.74 Å². The lowest BCUT2D eigenvalue weighted by Gasteiger charge is -2.49. The summed E-state index contributed by atoms with van der Waals surface area (Å²) in [4.78, 5) is 15.9. The average Bonchev–Trinajstić information content (AvgIpc) is 2.95. The molecular weight excluding hydrogens is 560 g/mol. The maximum absolute atomic E-state index is 13.7. The van der Waals surface area contributed by atoms with Gasteiger partial charge in [0.1, 0.15) is 0 Å². The highest BCUT2D eigenvalue weighted by atomic mass is 16.5. The Morgan fingerprint density at radius 2 is 1.76 bits per heavy atom. The van der Waals surface area contributed by atoms with Gasteiger partial charge in [0, 0.05) is 51.4 Å². The van der Waals surface area contributed by atoms with E-state index >= 15 is 0 Å². The molecule has 0 saturated heterocycles. The molecule has 7 nitrogen and oxygen atoms in total. The predicted octanol–water partition coefficient (Wildman–Crippen LogP) is 6.75. The molecule has 7 heteroatoms. The van der Waals surface area contributed by atoms with E-state index in [1.54, 1.807) is 0 Å².